The van der Waals surface area contributed by atoms with Gasteiger partial charge in [-0.15, -0.1) is 0 Å². The van der Waals surface area contributed by atoms with Crippen LogP contribution in [-0.2, 0) is 10.0 Å². The summed E-state index contributed by atoms with van der Waals surface area (Å²) in [7, 11) is -3.48. The van der Waals surface area contributed by atoms with E-state index in [0.717, 1.165) is 19.3 Å². The van der Waals surface area contributed by atoms with Gasteiger partial charge in [0.1, 0.15) is 0 Å². The molecule has 1 aromatic rings. The normalized spacial score (nSPS) is 17.8. The van der Waals surface area contributed by atoms with Crippen molar-refractivity contribution in [3.8, 4) is 0 Å². The van der Waals surface area contributed by atoms with E-state index in [4.69, 9.17) is 0 Å². The molecular formula is C16H23NO3S. The van der Waals surface area contributed by atoms with E-state index in [-0.39, 0.29) is 10.7 Å². The zero-order chi connectivity index (χ0) is 15.5. The molecule has 4 nitrogen and oxygen atoms in total. The highest BCUT2D eigenvalue weighted by molar-refractivity contribution is 7.89. The van der Waals surface area contributed by atoms with Gasteiger partial charge in [0, 0.05) is 18.7 Å². The van der Waals surface area contributed by atoms with Crippen LogP contribution in [0.5, 0.6) is 0 Å². The second kappa shape index (κ2) is 6.71. The molecule has 1 aliphatic rings. The zero-order valence-corrected chi connectivity index (χ0v) is 13.5. The monoisotopic (exact) mass is 309 g/mol. The second-order valence-corrected chi connectivity index (χ2v) is 7.66. The van der Waals surface area contributed by atoms with Gasteiger partial charge >= 0.3 is 0 Å². The van der Waals surface area contributed by atoms with Crippen molar-refractivity contribution in [2.75, 3.05) is 13.1 Å². The molecule has 1 heterocycles. The van der Waals surface area contributed by atoms with Crippen molar-refractivity contribution in [1.29, 1.82) is 0 Å². The van der Waals surface area contributed by atoms with Crippen LogP contribution in [0.15, 0.2) is 29.2 Å². The van der Waals surface area contributed by atoms with Gasteiger partial charge in [0.2, 0.25) is 10.0 Å². The fourth-order valence-corrected chi connectivity index (χ4v) is 4.39. The van der Waals surface area contributed by atoms with Crippen molar-refractivity contribution in [2.45, 2.75) is 44.4 Å². The molecule has 1 saturated heterocycles. The first-order valence-corrected chi connectivity index (χ1v) is 9.00. The van der Waals surface area contributed by atoms with Gasteiger partial charge in [-0.1, -0.05) is 31.9 Å². The third-order valence-corrected chi connectivity index (χ3v) is 6.04. The molecule has 0 amide bonds. The average molecular weight is 309 g/mol. The standard InChI is InChI=1S/C16H23NO3S/c1-3-5-14-8-10-17(11-9-14)21(19,20)16-7-4-6-15(12-16)13(2)18/h4,6-7,12,14H,3,5,8-11H2,1-2H3. The molecule has 0 bridgehead atoms. The first-order valence-electron chi connectivity index (χ1n) is 7.56. The number of rotatable bonds is 5. The molecule has 21 heavy (non-hydrogen) atoms. The molecule has 2 rings (SSSR count). The van der Waals surface area contributed by atoms with Gasteiger partial charge in [-0.2, -0.15) is 4.31 Å². The lowest BCUT2D eigenvalue weighted by Crippen LogP contribution is -2.38. The van der Waals surface area contributed by atoms with Crippen LogP contribution >= 0.6 is 0 Å². The quantitative estimate of drug-likeness (QED) is 0.785. The van der Waals surface area contributed by atoms with Crippen LogP contribution in [0.2, 0.25) is 0 Å². The molecule has 0 aromatic heterocycles. The van der Waals surface area contributed by atoms with Crippen LogP contribution in [0.25, 0.3) is 0 Å². The molecule has 1 fully saturated rings. The van der Waals surface area contributed by atoms with Gasteiger partial charge in [0.25, 0.3) is 0 Å². The summed E-state index contributed by atoms with van der Waals surface area (Å²) >= 11 is 0. The van der Waals surface area contributed by atoms with E-state index >= 15 is 0 Å². The number of hydrogen-bond donors (Lipinski definition) is 0. The van der Waals surface area contributed by atoms with E-state index < -0.39 is 10.0 Å². The number of hydrogen-bond acceptors (Lipinski definition) is 3. The minimum absolute atomic E-state index is 0.117. The Kier molecular flexibility index (Phi) is 5.17. The molecule has 0 saturated carbocycles. The van der Waals surface area contributed by atoms with Crippen LogP contribution in [0.3, 0.4) is 0 Å². The van der Waals surface area contributed by atoms with E-state index in [2.05, 4.69) is 6.92 Å². The Morgan fingerprint density at radius 1 is 1.29 bits per heavy atom. The maximum atomic E-state index is 12.6. The molecular weight excluding hydrogens is 286 g/mol. The summed E-state index contributed by atoms with van der Waals surface area (Å²) in [6.07, 6.45) is 4.19. The molecule has 0 spiro atoms. The van der Waals surface area contributed by atoms with Crippen LogP contribution in [0.1, 0.15) is 49.9 Å². The van der Waals surface area contributed by atoms with Crippen molar-refractivity contribution in [2.24, 2.45) is 5.92 Å². The van der Waals surface area contributed by atoms with Crippen molar-refractivity contribution >= 4 is 15.8 Å². The van der Waals surface area contributed by atoms with Gasteiger partial charge in [-0.05, 0) is 37.8 Å². The maximum absolute atomic E-state index is 12.6. The Balaban J connectivity index is 2.16. The van der Waals surface area contributed by atoms with Crippen LogP contribution in [-0.4, -0.2) is 31.6 Å². The summed E-state index contributed by atoms with van der Waals surface area (Å²) in [5.41, 5.74) is 0.442. The number of sulfonamides is 1. The zero-order valence-electron chi connectivity index (χ0n) is 12.7. The minimum Gasteiger partial charge on any atom is -0.295 e. The number of benzene rings is 1. The molecule has 1 aliphatic heterocycles. The average Bonchev–Trinajstić information content (AvgIpc) is 2.48. The summed E-state index contributed by atoms with van der Waals surface area (Å²) in [4.78, 5) is 11.6. The third-order valence-electron chi connectivity index (χ3n) is 4.15. The Labute approximate surface area is 127 Å². The minimum atomic E-state index is -3.48. The third kappa shape index (κ3) is 3.71. The summed E-state index contributed by atoms with van der Waals surface area (Å²) < 4.78 is 26.8. The molecule has 0 unspecified atom stereocenters. The van der Waals surface area contributed by atoms with Gasteiger partial charge in [0.05, 0.1) is 4.90 Å². The summed E-state index contributed by atoms with van der Waals surface area (Å²) in [5, 5.41) is 0. The Morgan fingerprint density at radius 2 is 1.95 bits per heavy atom. The van der Waals surface area contributed by atoms with Gasteiger partial charge < -0.3 is 0 Å². The van der Waals surface area contributed by atoms with Crippen molar-refractivity contribution in [3.05, 3.63) is 29.8 Å². The van der Waals surface area contributed by atoms with Crippen molar-refractivity contribution < 1.29 is 13.2 Å². The molecule has 0 radical (unpaired) electrons. The largest absolute Gasteiger partial charge is 0.295 e. The maximum Gasteiger partial charge on any atom is 0.243 e. The first kappa shape index (κ1) is 16.2. The number of ketones is 1. The number of Topliss-reactive ketones (excluding diaryl/α,β-unsaturated/α-hetero) is 1. The number of carbonyl (C=O) groups is 1. The smallest absolute Gasteiger partial charge is 0.243 e. The van der Waals surface area contributed by atoms with Gasteiger partial charge in [0.15, 0.2) is 5.78 Å². The van der Waals surface area contributed by atoms with E-state index in [1.807, 2.05) is 0 Å². The molecule has 0 aliphatic carbocycles. The summed E-state index contributed by atoms with van der Waals surface area (Å²) in [5.74, 6) is 0.527. The summed E-state index contributed by atoms with van der Waals surface area (Å²) in [6, 6.07) is 6.33. The van der Waals surface area contributed by atoms with Crippen LogP contribution < -0.4 is 0 Å². The summed E-state index contributed by atoms with van der Waals surface area (Å²) in [6.45, 7) is 4.77. The molecule has 0 N–H and O–H groups in total. The highest BCUT2D eigenvalue weighted by Crippen LogP contribution is 2.26. The van der Waals surface area contributed by atoms with Gasteiger partial charge in [-0.25, -0.2) is 8.42 Å². The van der Waals surface area contributed by atoms with Crippen molar-refractivity contribution in [3.63, 3.8) is 0 Å². The van der Waals surface area contributed by atoms with E-state index in [1.54, 1.807) is 22.5 Å². The highest BCUT2D eigenvalue weighted by atomic mass is 32.2. The Hall–Kier alpha value is -1.20. The fourth-order valence-electron chi connectivity index (χ4n) is 2.87. The van der Waals surface area contributed by atoms with Crippen LogP contribution in [0.4, 0.5) is 0 Å². The van der Waals surface area contributed by atoms with E-state index in [9.17, 15) is 13.2 Å². The number of carbonyl (C=O) groups excluding carboxylic acids is 1. The molecule has 5 heteroatoms. The highest BCUT2D eigenvalue weighted by Gasteiger charge is 2.29. The fraction of sp³-hybridized carbons (Fsp3) is 0.562. The first-order chi connectivity index (χ1) is 9.95. The predicted molar refractivity (Wildman–Crippen MR) is 82.8 cm³/mol. The lowest BCUT2D eigenvalue weighted by atomic mass is 9.94. The van der Waals surface area contributed by atoms with E-state index in [1.165, 1.54) is 19.4 Å². The molecule has 116 valence electrons. The Morgan fingerprint density at radius 3 is 2.52 bits per heavy atom. The lowest BCUT2D eigenvalue weighted by Gasteiger charge is -2.31. The van der Waals surface area contributed by atoms with Crippen molar-refractivity contribution in [1.82, 2.24) is 4.31 Å². The number of nitrogens with zero attached hydrogens (tertiary/aromatic N) is 1. The van der Waals surface area contributed by atoms with Crippen LogP contribution in [0, 0.1) is 5.92 Å². The lowest BCUT2D eigenvalue weighted by molar-refractivity contribution is 0.101. The topological polar surface area (TPSA) is 54.5 Å². The molecule has 1 aromatic carbocycles. The SMILES string of the molecule is CCCC1CCN(S(=O)(=O)c2cccc(C(C)=O)c2)CC1. The van der Waals surface area contributed by atoms with Gasteiger partial charge in [-0.3, -0.25) is 4.79 Å². The predicted octanol–water partition coefficient (Wildman–Crippen LogP) is 3.09. The van der Waals surface area contributed by atoms with E-state index in [0.29, 0.717) is 24.6 Å². The second-order valence-electron chi connectivity index (χ2n) is 5.72. The Bertz CT molecular complexity index is 602. The molecule has 0 atom stereocenters. The number of piperidine rings is 1.